The van der Waals surface area contributed by atoms with Crippen LogP contribution in [0.15, 0.2) is 18.7 Å². The van der Waals surface area contributed by atoms with E-state index in [0.717, 1.165) is 0 Å². The molecule has 1 aromatic heterocycles. The summed E-state index contributed by atoms with van der Waals surface area (Å²) in [5, 5.41) is 0. The first-order valence-electron chi connectivity index (χ1n) is 8.22. The van der Waals surface area contributed by atoms with Crippen LogP contribution in [0.5, 0.6) is 0 Å². The first-order chi connectivity index (χ1) is 9.26. The van der Waals surface area contributed by atoms with Crippen molar-refractivity contribution in [1.29, 1.82) is 0 Å². The first-order valence-corrected chi connectivity index (χ1v) is 16.3. The van der Waals surface area contributed by atoms with Gasteiger partial charge in [-0.05, 0) is 0 Å². The van der Waals surface area contributed by atoms with E-state index in [4.69, 9.17) is 0 Å². The molecular weight excluding hydrogens is 339 g/mol. The van der Waals surface area contributed by atoms with E-state index in [-0.39, 0.29) is 0 Å². The van der Waals surface area contributed by atoms with Crippen LogP contribution in [0.3, 0.4) is 0 Å². The summed E-state index contributed by atoms with van der Waals surface area (Å²) in [6.07, 6.45) is 14.6. The summed E-state index contributed by atoms with van der Waals surface area (Å²) in [6.45, 7) is 7.02. The van der Waals surface area contributed by atoms with Crippen molar-refractivity contribution in [1.82, 2.24) is 9.55 Å². The van der Waals surface area contributed by atoms with Crippen molar-refractivity contribution in [2.45, 2.75) is 77.2 Å². The molecule has 0 fully saturated rings. The molecule has 0 spiro atoms. The van der Waals surface area contributed by atoms with Crippen LogP contribution < -0.4 is 0 Å². The number of unbranched alkanes of at least 4 members (excludes halogenated alkanes) is 3. The van der Waals surface area contributed by atoms with Gasteiger partial charge in [0, 0.05) is 0 Å². The number of imidazole rings is 1. The van der Waals surface area contributed by atoms with E-state index in [0.29, 0.717) is 0 Å². The molecule has 3 heteroatoms. The van der Waals surface area contributed by atoms with Gasteiger partial charge in [0.2, 0.25) is 0 Å². The molecule has 0 atom stereocenters. The maximum atomic E-state index is 4.24. The Hall–Kier alpha value is 0.00870. The summed E-state index contributed by atoms with van der Waals surface area (Å²) in [5.41, 5.74) is 0. The van der Waals surface area contributed by atoms with E-state index in [9.17, 15) is 0 Å². The van der Waals surface area contributed by atoms with Gasteiger partial charge in [-0.3, -0.25) is 0 Å². The van der Waals surface area contributed by atoms with E-state index >= 15 is 0 Å². The minimum atomic E-state index is -1.98. The molecule has 2 nitrogen and oxygen atoms in total. The first kappa shape index (κ1) is 17.1. The number of rotatable bonds is 11. The van der Waals surface area contributed by atoms with Crippen LogP contribution in [0, 0.1) is 0 Å². The monoisotopic (exact) mass is 372 g/mol. The molecule has 0 aliphatic heterocycles. The SMILES string of the molecule is CCC[CH2][Sn]([CH2]CCC)([CH2]CCC)[CH2]n1ccnc1. The van der Waals surface area contributed by atoms with Crippen LogP contribution >= 0.6 is 0 Å². The van der Waals surface area contributed by atoms with Crippen LogP contribution in [-0.4, -0.2) is 27.9 Å². The quantitative estimate of drug-likeness (QED) is 0.485. The van der Waals surface area contributed by atoms with E-state index in [1.54, 1.807) is 13.3 Å². The van der Waals surface area contributed by atoms with Crippen LogP contribution in [0.4, 0.5) is 0 Å². The van der Waals surface area contributed by atoms with Crippen LogP contribution in [0.2, 0.25) is 13.3 Å². The Balaban J connectivity index is 2.74. The molecule has 1 aromatic rings. The van der Waals surface area contributed by atoms with Gasteiger partial charge in [0.05, 0.1) is 0 Å². The molecule has 0 N–H and O–H groups in total. The van der Waals surface area contributed by atoms with E-state index < -0.39 is 18.4 Å². The van der Waals surface area contributed by atoms with Crippen LogP contribution in [0.25, 0.3) is 0 Å². The van der Waals surface area contributed by atoms with Crippen molar-refractivity contribution in [2.75, 3.05) is 0 Å². The summed E-state index contributed by atoms with van der Waals surface area (Å²) in [7, 11) is 0. The summed E-state index contributed by atoms with van der Waals surface area (Å²) in [4.78, 5) is 4.24. The molecule has 0 saturated carbocycles. The zero-order valence-corrected chi connectivity index (χ0v) is 16.1. The van der Waals surface area contributed by atoms with Gasteiger partial charge in [0.15, 0.2) is 0 Å². The molecule has 0 aliphatic carbocycles. The molecule has 0 bridgehead atoms. The Morgan fingerprint density at radius 1 is 0.895 bits per heavy atom. The molecule has 0 saturated heterocycles. The van der Waals surface area contributed by atoms with Gasteiger partial charge < -0.3 is 0 Å². The molecule has 0 unspecified atom stereocenters. The van der Waals surface area contributed by atoms with Crippen molar-refractivity contribution < 1.29 is 0 Å². The number of hydrogen-bond donors (Lipinski definition) is 0. The topological polar surface area (TPSA) is 17.8 Å². The molecule has 0 radical (unpaired) electrons. The second-order valence-electron chi connectivity index (χ2n) is 6.05. The van der Waals surface area contributed by atoms with E-state index in [2.05, 4.69) is 36.5 Å². The molecule has 0 amide bonds. The zero-order valence-electron chi connectivity index (χ0n) is 13.2. The van der Waals surface area contributed by atoms with Crippen molar-refractivity contribution in [3.05, 3.63) is 18.7 Å². The molecule has 1 heterocycles. The summed E-state index contributed by atoms with van der Waals surface area (Å²) in [6, 6.07) is 0. The summed E-state index contributed by atoms with van der Waals surface area (Å²) >= 11 is -1.98. The fourth-order valence-corrected chi connectivity index (χ4v) is 18.7. The third-order valence-electron chi connectivity index (χ3n) is 4.26. The average molecular weight is 371 g/mol. The van der Waals surface area contributed by atoms with Gasteiger partial charge >= 0.3 is 124 Å². The predicted molar refractivity (Wildman–Crippen MR) is 87.1 cm³/mol. The third-order valence-corrected chi connectivity index (χ3v) is 19.3. The fourth-order valence-electron chi connectivity index (χ4n) is 3.04. The molecule has 1 rings (SSSR count). The normalized spacial score (nSPS) is 11.9. The van der Waals surface area contributed by atoms with Crippen molar-refractivity contribution in [3.8, 4) is 0 Å². The second kappa shape index (κ2) is 9.84. The molecule has 0 aliphatic rings. The van der Waals surface area contributed by atoms with Crippen LogP contribution in [0.1, 0.15) is 59.3 Å². The Bertz CT molecular complexity index is 287. The van der Waals surface area contributed by atoms with Crippen molar-refractivity contribution in [3.63, 3.8) is 0 Å². The van der Waals surface area contributed by atoms with E-state index in [1.165, 1.54) is 43.1 Å². The maximum absolute atomic E-state index is 4.24. The molecule has 110 valence electrons. The Labute approximate surface area is 123 Å². The van der Waals surface area contributed by atoms with Gasteiger partial charge in [-0.1, -0.05) is 0 Å². The summed E-state index contributed by atoms with van der Waals surface area (Å²) in [5.74, 6) is 0. The summed E-state index contributed by atoms with van der Waals surface area (Å²) < 4.78 is 8.52. The number of hydrogen-bond acceptors (Lipinski definition) is 1. The van der Waals surface area contributed by atoms with Gasteiger partial charge in [-0.15, -0.1) is 0 Å². The Kier molecular flexibility index (Phi) is 8.84. The van der Waals surface area contributed by atoms with Gasteiger partial charge in [0.25, 0.3) is 0 Å². The Morgan fingerprint density at radius 3 is 1.79 bits per heavy atom. The van der Waals surface area contributed by atoms with Gasteiger partial charge in [0.1, 0.15) is 0 Å². The van der Waals surface area contributed by atoms with Crippen molar-refractivity contribution in [2.24, 2.45) is 0 Å². The van der Waals surface area contributed by atoms with Crippen molar-refractivity contribution >= 4 is 18.4 Å². The van der Waals surface area contributed by atoms with E-state index in [1.807, 2.05) is 12.5 Å². The number of aromatic nitrogens is 2. The molecule has 19 heavy (non-hydrogen) atoms. The third kappa shape index (κ3) is 6.33. The van der Waals surface area contributed by atoms with Gasteiger partial charge in [-0.25, -0.2) is 0 Å². The minimum absolute atomic E-state index is 1.36. The second-order valence-corrected chi connectivity index (χ2v) is 19.8. The van der Waals surface area contributed by atoms with Gasteiger partial charge in [-0.2, -0.15) is 0 Å². The molecular formula is C16H32N2Sn. The average Bonchev–Trinajstić information content (AvgIpc) is 2.93. The van der Waals surface area contributed by atoms with Crippen LogP contribution in [-0.2, 0) is 4.56 Å². The molecule has 0 aromatic carbocycles. The zero-order chi connectivity index (χ0) is 14.0. The fraction of sp³-hybridized carbons (Fsp3) is 0.812. The Morgan fingerprint density at radius 2 is 1.42 bits per heavy atom. The number of nitrogens with zero attached hydrogens (tertiary/aromatic N) is 2. The standard InChI is InChI=1S/C4H5N2.3C4H9.Sn/c1-6-3-2-5-4-6;3*1-3-4-2;/h2-4H,1H2;3*1,3-4H2,2H3;. The predicted octanol–water partition coefficient (Wildman–Crippen LogP) is 5.27.